The molecule has 0 aliphatic rings. The van der Waals surface area contributed by atoms with Crippen molar-refractivity contribution in [3.63, 3.8) is 0 Å². The van der Waals surface area contributed by atoms with Crippen LogP contribution in [0.15, 0.2) is 46.1 Å². The van der Waals surface area contributed by atoms with Crippen molar-refractivity contribution in [1.82, 2.24) is 14.1 Å². The molecular formula is C18H17BrClN3O3. The Hall–Kier alpha value is -2.09. The van der Waals surface area contributed by atoms with Crippen molar-refractivity contribution in [1.29, 1.82) is 0 Å². The molecule has 2 aromatic heterocycles. The van der Waals surface area contributed by atoms with E-state index in [-0.39, 0.29) is 11.8 Å². The highest BCUT2D eigenvalue weighted by molar-refractivity contribution is 9.10. The lowest BCUT2D eigenvalue weighted by molar-refractivity contribution is 0.0506. The minimum Gasteiger partial charge on any atom is -0.464 e. The molecule has 3 aromatic rings. The summed E-state index contributed by atoms with van der Waals surface area (Å²) in [5, 5.41) is 0.274. The van der Waals surface area contributed by atoms with Crippen LogP contribution in [0.5, 0.6) is 5.75 Å². The van der Waals surface area contributed by atoms with E-state index < -0.39 is 12.7 Å². The molecule has 0 unspecified atom stereocenters. The van der Waals surface area contributed by atoms with E-state index in [1.165, 1.54) is 24.1 Å². The Balaban J connectivity index is 2.08. The molecule has 136 valence electrons. The predicted octanol–water partition coefficient (Wildman–Crippen LogP) is 3.95. The maximum atomic E-state index is 12.4. The number of hydrogen-bond donors (Lipinski definition) is 0. The summed E-state index contributed by atoms with van der Waals surface area (Å²) in [6, 6.07) is 6.93. The first-order valence-corrected chi connectivity index (χ1v) is 8.70. The molecule has 0 N–H and O–H groups in total. The molecule has 0 aliphatic carbocycles. The minimum absolute atomic E-state index is 0.0419. The van der Waals surface area contributed by atoms with Crippen LogP contribution in [-0.2, 0) is 11.7 Å². The van der Waals surface area contributed by atoms with Gasteiger partial charge in [0.05, 0.1) is 10.7 Å². The molecule has 3 rings (SSSR count). The monoisotopic (exact) mass is 440 g/mol. The third-order valence-corrected chi connectivity index (χ3v) is 4.52. The highest BCUT2D eigenvalue weighted by Crippen LogP contribution is 2.38. The van der Waals surface area contributed by atoms with Gasteiger partial charge in [0, 0.05) is 41.8 Å². The molecular weight excluding hydrogens is 422 g/mol. The fourth-order valence-corrected chi connectivity index (χ4v) is 3.40. The molecule has 1 aromatic carbocycles. The molecule has 26 heavy (non-hydrogen) atoms. The second-order valence-electron chi connectivity index (χ2n) is 5.47. The van der Waals surface area contributed by atoms with Gasteiger partial charge in [0.2, 0.25) is 0 Å². The molecule has 0 saturated heterocycles. The van der Waals surface area contributed by atoms with Gasteiger partial charge < -0.3 is 14.0 Å². The average Bonchev–Trinajstić information content (AvgIpc) is 3.02. The zero-order valence-corrected chi connectivity index (χ0v) is 16.3. The van der Waals surface area contributed by atoms with Crippen LogP contribution < -0.4 is 10.4 Å². The van der Waals surface area contributed by atoms with E-state index in [1.807, 2.05) is 13.0 Å². The first kappa shape index (κ1) is 15.0. The van der Waals surface area contributed by atoms with Gasteiger partial charge in [-0.25, -0.2) is 9.78 Å². The quantitative estimate of drug-likeness (QED) is 0.444. The first-order chi connectivity index (χ1) is 13.6. The summed E-state index contributed by atoms with van der Waals surface area (Å²) in [7, 11) is 1.52. The van der Waals surface area contributed by atoms with Crippen LogP contribution in [0.4, 0.5) is 0 Å². The van der Waals surface area contributed by atoms with E-state index in [0.29, 0.717) is 20.6 Å². The Labute approximate surface area is 168 Å². The molecule has 8 heteroatoms. The number of imidazole rings is 1. The van der Waals surface area contributed by atoms with Crippen molar-refractivity contribution in [3.8, 4) is 22.6 Å². The Morgan fingerprint density at radius 2 is 2.15 bits per heavy atom. The van der Waals surface area contributed by atoms with E-state index in [9.17, 15) is 4.79 Å². The third-order valence-electron chi connectivity index (χ3n) is 3.68. The van der Waals surface area contributed by atoms with Crippen molar-refractivity contribution in [2.45, 2.75) is 6.92 Å². The number of pyridine rings is 1. The van der Waals surface area contributed by atoms with E-state index in [4.69, 9.17) is 25.2 Å². The lowest BCUT2D eigenvalue weighted by atomic mass is 10.0. The van der Waals surface area contributed by atoms with Crippen LogP contribution in [0.1, 0.15) is 9.81 Å². The number of aryl methyl sites for hydroxylation is 2. The number of halogens is 2. The van der Waals surface area contributed by atoms with Crippen LogP contribution in [0, 0.1) is 6.92 Å². The zero-order chi connectivity index (χ0) is 21.3. The second kappa shape index (κ2) is 7.65. The van der Waals surface area contributed by atoms with Crippen molar-refractivity contribution in [3.05, 3.63) is 62.5 Å². The second-order valence-corrected chi connectivity index (χ2v) is 6.63. The standard InChI is InChI=1S/C18H17BrClN3O3/c1-11-8-13(16(17(19)21-11)26-10-25-3)12-4-5-15(14(20)9-12)23-7-6-22(2)18(23)24/h4-9H,10H2,1-3H3/i2D3. The molecule has 2 heterocycles. The maximum Gasteiger partial charge on any atom is 0.332 e. The van der Waals surface area contributed by atoms with E-state index in [1.54, 1.807) is 18.2 Å². The van der Waals surface area contributed by atoms with Gasteiger partial charge in [0.1, 0.15) is 4.60 Å². The van der Waals surface area contributed by atoms with Crippen molar-refractivity contribution >= 4 is 27.5 Å². The summed E-state index contributed by atoms with van der Waals surface area (Å²) in [6.45, 7) is -0.676. The fraction of sp³-hybridized carbons (Fsp3) is 0.222. The van der Waals surface area contributed by atoms with E-state index in [0.717, 1.165) is 16.8 Å². The summed E-state index contributed by atoms with van der Waals surface area (Å²) < 4.78 is 35.3. The summed E-state index contributed by atoms with van der Waals surface area (Å²) in [4.78, 5) is 16.8. The Bertz CT molecular complexity index is 1110. The molecule has 0 spiro atoms. The van der Waals surface area contributed by atoms with Crippen molar-refractivity contribution in [2.75, 3.05) is 13.9 Å². The normalized spacial score (nSPS) is 13.2. The third kappa shape index (κ3) is 3.56. The van der Waals surface area contributed by atoms with Crippen molar-refractivity contribution in [2.24, 2.45) is 6.98 Å². The number of hydrogen-bond acceptors (Lipinski definition) is 4. The molecule has 0 atom stereocenters. The average molecular weight is 442 g/mol. The number of ether oxygens (including phenoxy) is 2. The minimum atomic E-state index is -2.57. The molecule has 0 radical (unpaired) electrons. The fourth-order valence-electron chi connectivity index (χ4n) is 2.52. The number of aromatic nitrogens is 3. The summed E-state index contributed by atoms with van der Waals surface area (Å²) in [5.41, 5.74) is 1.91. The smallest absolute Gasteiger partial charge is 0.332 e. The molecule has 0 amide bonds. The highest BCUT2D eigenvalue weighted by Gasteiger charge is 2.15. The number of methoxy groups -OCH3 is 1. The molecule has 0 bridgehead atoms. The lowest BCUT2D eigenvalue weighted by Crippen LogP contribution is -2.20. The Morgan fingerprint density at radius 1 is 1.35 bits per heavy atom. The van der Waals surface area contributed by atoms with Gasteiger partial charge in [-0.3, -0.25) is 4.57 Å². The molecule has 0 aliphatic heterocycles. The Morgan fingerprint density at radius 3 is 2.81 bits per heavy atom. The van der Waals surface area contributed by atoms with Gasteiger partial charge in [-0.05, 0) is 46.6 Å². The van der Waals surface area contributed by atoms with Crippen LogP contribution >= 0.6 is 27.5 Å². The van der Waals surface area contributed by atoms with Gasteiger partial charge >= 0.3 is 5.69 Å². The predicted molar refractivity (Wildman–Crippen MR) is 104 cm³/mol. The van der Waals surface area contributed by atoms with Gasteiger partial charge in [-0.15, -0.1) is 0 Å². The van der Waals surface area contributed by atoms with Gasteiger partial charge in [-0.2, -0.15) is 0 Å². The van der Waals surface area contributed by atoms with E-state index >= 15 is 0 Å². The molecule has 0 fully saturated rings. The van der Waals surface area contributed by atoms with Crippen LogP contribution in [0.25, 0.3) is 16.8 Å². The SMILES string of the molecule is [2H]C([2H])([2H])n1ccn(-c2ccc(-c3cc(C)nc(Br)c3OCOC)cc2Cl)c1=O. The summed E-state index contributed by atoms with van der Waals surface area (Å²) in [5.74, 6) is 0.493. The largest absolute Gasteiger partial charge is 0.464 e. The highest BCUT2D eigenvalue weighted by atomic mass is 79.9. The topological polar surface area (TPSA) is 58.3 Å². The summed E-state index contributed by atoms with van der Waals surface area (Å²) in [6.07, 6.45) is 2.58. The number of rotatable bonds is 5. The summed E-state index contributed by atoms with van der Waals surface area (Å²) >= 11 is 9.84. The zero-order valence-electron chi connectivity index (χ0n) is 17.0. The maximum absolute atomic E-state index is 12.4. The van der Waals surface area contributed by atoms with Crippen LogP contribution in [-0.4, -0.2) is 28.0 Å². The Kier molecular flexibility index (Phi) is 4.42. The van der Waals surface area contributed by atoms with Crippen molar-refractivity contribution < 1.29 is 13.6 Å². The van der Waals surface area contributed by atoms with Crippen LogP contribution in [0.2, 0.25) is 5.02 Å². The van der Waals surface area contributed by atoms with E-state index in [2.05, 4.69) is 20.9 Å². The van der Waals surface area contributed by atoms with Gasteiger partial charge in [0.25, 0.3) is 0 Å². The lowest BCUT2D eigenvalue weighted by Gasteiger charge is -2.14. The first-order valence-electron chi connectivity index (χ1n) is 9.03. The van der Waals surface area contributed by atoms with Crippen LogP contribution in [0.3, 0.4) is 0 Å². The van der Waals surface area contributed by atoms with Gasteiger partial charge in [0.15, 0.2) is 12.5 Å². The number of benzene rings is 1. The molecule has 0 saturated carbocycles. The molecule has 6 nitrogen and oxygen atoms in total. The van der Waals surface area contributed by atoms with Gasteiger partial charge in [-0.1, -0.05) is 17.7 Å². The number of nitrogens with zero attached hydrogens (tertiary/aromatic N) is 3.